The van der Waals surface area contributed by atoms with E-state index < -0.39 is 5.54 Å². The third-order valence-corrected chi connectivity index (χ3v) is 5.50. The molecule has 1 atom stereocenters. The lowest BCUT2D eigenvalue weighted by Gasteiger charge is -2.36. The van der Waals surface area contributed by atoms with Crippen LogP contribution in [0.1, 0.15) is 39.0 Å². The summed E-state index contributed by atoms with van der Waals surface area (Å²) in [5, 5.41) is 3.28. The summed E-state index contributed by atoms with van der Waals surface area (Å²) in [6.45, 7) is 3.89. The molecule has 0 aromatic carbocycles. The average molecular weight is 359 g/mol. The van der Waals surface area contributed by atoms with Crippen LogP contribution < -0.4 is 5.32 Å². The molecule has 4 amide bonds. The molecule has 0 aromatic rings. The Morgan fingerprint density at radius 2 is 1.92 bits per heavy atom. The quantitative estimate of drug-likeness (QED) is 0.742. The van der Waals surface area contributed by atoms with E-state index in [1.807, 2.05) is 6.92 Å². The number of halogens is 1. The zero-order valence-electron chi connectivity index (χ0n) is 14.4. The van der Waals surface area contributed by atoms with E-state index in [2.05, 4.69) is 5.32 Å². The minimum Gasteiger partial charge on any atom is -0.338 e. The van der Waals surface area contributed by atoms with Crippen molar-refractivity contribution < 1.29 is 14.4 Å². The number of nitrogens with one attached hydrogen (secondary N) is 1. The number of imide groups is 1. The molecule has 7 nitrogen and oxygen atoms in total. The smallest absolute Gasteiger partial charge is 0.327 e. The van der Waals surface area contributed by atoms with E-state index in [0.717, 1.165) is 25.8 Å². The van der Waals surface area contributed by atoms with Crippen LogP contribution in [0.25, 0.3) is 0 Å². The van der Waals surface area contributed by atoms with E-state index in [1.165, 1.54) is 4.90 Å². The SMILES string of the molecule is CC1CN(C(=O)CN2C(=O)N(C)C3(CCCCC3)C2=O)CCN1.Cl. The molecule has 2 heterocycles. The molecule has 1 aliphatic carbocycles. The normalized spacial score (nSPS) is 26.8. The molecule has 2 saturated heterocycles. The van der Waals surface area contributed by atoms with Crippen LogP contribution in [0.2, 0.25) is 0 Å². The lowest BCUT2D eigenvalue weighted by atomic mass is 9.81. The first-order chi connectivity index (χ1) is 11.0. The van der Waals surface area contributed by atoms with Crippen molar-refractivity contribution in [3.63, 3.8) is 0 Å². The molecule has 2 aliphatic heterocycles. The molecule has 1 saturated carbocycles. The summed E-state index contributed by atoms with van der Waals surface area (Å²) in [4.78, 5) is 42.4. The van der Waals surface area contributed by atoms with Crippen LogP contribution in [-0.4, -0.2) is 77.4 Å². The van der Waals surface area contributed by atoms with Gasteiger partial charge in [0.1, 0.15) is 12.1 Å². The summed E-state index contributed by atoms with van der Waals surface area (Å²) >= 11 is 0. The average Bonchev–Trinajstić information content (AvgIpc) is 2.72. The molecule has 24 heavy (non-hydrogen) atoms. The predicted molar refractivity (Wildman–Crippen MR) is 92.0 cm³/mol. The number of hydrogen-bond acceptors (Lipinski definition) is 4. The Bertz CT molecular complexity index is 521. The second-order valence-electron chi connectivity index (χ2n) is 7.02. The molecule has 3 aliphatic rings. The summed E-state index contributed by atoms with van der Waals surface area (Å²) in [6, 6.07) is -0.0847. The van der Waals surface area contributed by atoms with Crippen LogP contribution in [-0.2, 0) is 9.59 Å². The first-order valence-electron chi connectivity index (χ1n) is 8.56. The second-order valence-corrected chi connectivity index (χ2v) is 7.02. The van der Waals surface area contributed by atoms with Gasteiger partial charge in [-0.1, -0.05) is 19.3 Å². The molecule has 1 spiro atoms. The molecule has 3 fully saturated rings. The van der Waals surface area contributed by atoms with Crippen molar-refractivity contribution in [3.05, 3.63) is 0 Å². The number of amides is 4. The van der Waals surface area contributed by atoms with Gasteiger partial charge in [0.2, 0.25) is 5.91 Å². The van der Waals surface area contributed by atoms with Crippen LogP contribution in [0.4, 0.5) is 4.79 Å². The summed E-state index contributed by atoms with van der Waals surface area (Å²) < 4.78 is 0. The Morgan fingerprint density at radius 3 is 2.54 bits per heavy atom. The molecule has 1 N–H and O–H groups in total. The van der Waals surface area contributed by atoms with Crippen molar-refractivity contribution in [2.75, 3.05) is 33.2 Å². The number of likely N-dealkylation sites (N-methyl/N-ethyl adjacent to an activating group) is 1. The van der Waals surface area contributed by atoms with Gasteiger partial charge in [-0.15, -0.1) is 12.4 Å². The van der Waals surface area contributed by atoms with E-state index in [4.69, 9.17) is 0 Å². The van der Waals surface area contributed by atoms with Crippen LogP contribution in [0.15, 0.2) is 0 Å². The molecule has 8 heteroatoms. The number of rotatable bonds is 2. The van der Waals surface area contributed by atoms with Gasteiger partial charge >= 0.3 is 6.03 Å². The van der Waals surface area contributed by atoms with E-state index in [1.54, 1.807) is 16.8 Å². The molecule has 1 unspecified atom stereocenters. The van der Waals surface area contributed by atoms with E-state index in [-0.39, 0.29) is 42.8 Å². The highest BCUT2D eigenvalue weighted by Gasteiger charge is 2.56. The van der Waals surface area contributed by atoms with Crippen molar-refractivity contribution in [3.8, 4) is 0 Å². The van der Waals surface area contributed by atoms with E-state index in [9.17, 15) is 14.4 Å². The number of urea groups is 1. The Labute approximate surface area is 149 Å². The first kappa shape index (κ1) is 19.0. The Kier molecular flexibility index (Phi) is 5.75. The maximum absolute atomic E-state index is 12.9. The Hall–Kier alpha value is -1.34. The zero-order valence-corrected chi connectivity index (χ0v) is 15.2. The topological polar surface area (TPSA) is 73.0 Å². The van der Waals surface area contributed by atoms with Gasteiger partial charge in [0.05, 0.1) is 0 Å². The second kappa shape index (κ2) is 7.27. The number of nitrogens with zero attached hydrogens (tertiary/aromatic N) is 3. The summed E-state index contributed by atoms with van der Waals surface area (Å²) in [7, 11) is 1.70. The van der Waals surface area contributed by atoms with E-state index >= 15 is 0 Å². The van der Waals surface area contributed by atoms with Crippen molar-refractivity contribution >= 4 is 30.3 Å². The van der Waals surface area contributed by atoms with Gasteiger partial charge in [-0.25, -0.2) is 4.79 Å². The van der Waals surface area contributed by atoms with Gasteiger partial charge in [-0.05, 0) is 19.8 Å². The van der Waals surface area contributed by atoms with Gasteiger partial charge in [0.25, 0.3) is 5.91 Å². The first-order valence-corrected chi connectivity index (χ1v) is 8.56. The van der Waals surface area contributed by atoms with Crippen molar-refractivity contribution in [2.24, 2.45) is 0 Å². The fourth-order valence-corrected chi connectivity index (χ4v) is 4.07. The zero-order chi connectivity index (χ0) is 16.6. The highest BCUT2D eigenvalue weighted by molar-refractivity contribution is 6.08. The third-order valence-electron chi connectivity index (χ3n) is 5.50. The maximum atomic E-state index is 12.9. The fourth-order valence-electron chi connectivity index (χ4n) is 4.07. The van der Waals surface area contributed by atoms with Crippen molar-refractivity contribution in [1.29, 1.82) is 0 Å². The standard InChI is InChI=1S/C16H26N4O3.ClH/c1-12-10-19(9-8-17-12)13(21)11-20-14(22)16(18(2)15(20)23)6-4-3-5-7-16;/h12,17H,3-11H2,1-2H3;1H. The van der Waals surface area contributed by atoms with E-state index in [0.29, 0.717) is 25.9 Å². The highest BCUT2D eigenvalue weighted by atomic mass is 35.5. The molecule has 136 valence electrons. The minimum absolute atomic E-state index is 0. The lowest BCUT2D eigenvalue weighted by Crippen LogP contribution is -2.54. The Balaban J connectivity index is 0.00000208. The monoisotopic (exact) mass is 358 g/mol. The molecule has 0 bridgehead atoms. The van der Waals surface area contributed by atoms with Gasteiger partial charge in [0.15, 0.2) is 0 Å². The third kappa shape index (κ3) is 3.11. The summed E-state index contributed by atoms with van der Waals surface area (Å²) in [6.07, 6.45) is 4.45. The molecule has 0 radical (unpaired) electrons. The molecular formula is C16H27ClN4O3. The van der Waals surface area contributed by atoms with Crippen LogP contribution >= 0.6 is 12.4 Å². The number of carbonyl (C=O) groups excluding carboxylic acids is 3. The van der Waals surface area contributed by atoms with Gasteiger partial charge in [-0.3, -0.25) is 14.5 Å². The van der Waals surface area contributed by atoms with Crippen LogP contribution in [0, 0.1) is 0 Å². The highest BCUT2D eigenvalue weighted by Crippen LogP contribution is 2.39. The van der Waals surface area contributed by atoms with Crippen LogP contribution in [0.5, 0.6) is 0 Å². The molecule has 0 aromatic heterocycles. The molecular weight excluding hydrogens is 332 g/mol. The van der Waals surface area contributed by atoms with Crippen LogP contribution in [0.3, 0.4) is 0 Å². The summed E-state index contributed by atoms with van der Waals surface area (Å²) in [5.74, 6) is -0.317. The maximum Gasteiger partial charge on any atom is 0.327 e. The van der Waals surface area contributed by atoms with Crippen molar-refractivity contribution in [2.45, 2.75) is 50.6 Å². The van der Waals surface area contributed by atoms with Gasteiger partial charge < -0.3 is 15.1 Å². The Morgan fingerprint density at radius 1 is 1.25 bits per heavy atom. The summed E-state index contributed by atoms with van der Waals surface area (Å²) in [5.41, 5.74) is -0.702. The van der Waals surface area contributed by atoms with Crippen molar-refractivity contribution in [1.82, 2.24) is 20.0 Å². The predicted octanol–water partition coefficient (Wildman–Crippen LogP) is 0.825. The number of piperazine rings is 1. The fraction of sp³-hybridized carbons (Fsp3) is 0.812. The number of carbonyl (C=O) groups is 3. The lowest BCUT2D eigenvalue weighted by molar-refractivity contribution is -0.141. The largest absolute Gasteiger partial charge is 0.338 e. The van der Waals surface area contributed by atoms with Gasteiger partial charge in [-0.2, -0.15) is 0 Å². The minimum atomic E-state index is -0.702. The molecule has 3 rings (SSSR count). The number of hydrogen-bond donors (Lipinski definition) is 1. The van der Waals surface area contributed by atoms with Gasteiger partial charge in [0, 0.05) is 32.7 Å².